The third kappa shape index (κ3) is 3.74. The minimum absolute atomic E-state index is 0.0172. The Labute approximate surface area is 165 Å². The number of anilines is 2. The van der Waals surface area contributed by atoms with Gasteiger partial charge in [-0.25, -0.2) is 0 Å². The van der Waals surface area contributed by atoms with Gasteiger partial charge in [0.1, 0.15) is 5.75 Å². The number of thiophene rings is 1. The number of hydrogen-bond acceptors (Lipinski definition) is 6. The van der Waals surface area contributed by atoms with Crippen LogP contribution in [0.5, 0.6) is 5.75 Å². The average molecular weight is 397 g/mol. The van der Waals surface area contributed by atoms with Gasteiger partial charge in [-0.2, -0.15) is 4.98 Å². The summed E-state index contributed by atoms with van der Waals surface area (Å²) in [5.74, 6) is 1.13. The number of amides is 2. The number of carbonyl (C=O) groups is 2. The van der Waals surface area contributed by atoms with Crippen molar-refractivity contribution in [2.75, 3.05) is 17.7 Å². The van der Waals surface area contributed by atoms with Crippen LogP contribution in [0.3, 0.4) is 0 Å². The molecule has 2 aromatic heterocycles. The minimum atomic E-state index is -0.319. The van der Waals surface area contributed by atoms with Crippen molar-refractivity contribution < 1.29 is 14.3 Å². The van der Waals surface area contributed by atoms with Crippen molar-refractivity contribution in [3.63, 3.8) is 0 Å². The average Bonchev–Trinajstić information content (AvgIpc) is 3.35. The molecule has 2 amide bonds. The number of nitrogens with zero attached hydrogens (tertiary/aromatic N) is 2. The maximum Gasteiger partial charge on any atom is 0.268 e. The van der Waals surface area contributed by atoms with E-state index < -0.39 is 0 Å². The second kappa shape index (κ2) is 7.43. The second-order valence-corrected chi connectivity index (χ2v) is 7.60. The highest BCUT2D eigenvalue weighted by atomic mass is 32.1. The molecule has 1 saturated carbocycles. The predicted octanol–water partition coefficient (Wildman–Crippen LogP) is 3.45. The molecular formula is C19H19N5O3S. The van der Waals surface area contributed by atoms with Gasteiger partial charge in [-0.15, -0.1) is 16.4 Å². The van der Waals surface area contributed by atoms with E-state index in [1.807, 2.05) is 31.2 Å². The summed E-state index contributed by atoms with van der Waals surface area (Å²) >= 11 is 1.24. The zero-order chi connectivity index (χ0) is 19.7. The van der Waals surface area contributed by atoms with Crippen molar-refractivity contribution in [2.45, 2.75) is 19.8 Å². The van der Waals surface area contributed by atoms with E-state index >= 15 is 0 Å². The molecule has 1 aliphatic rings. The Balaban J connectivity index is 1.48. The van der Waals surface area contributed by atoms with Gasteiger partial charge in [-0.3, -0.25) is 20.0 Å². The Kier molecular flexibility index (Phi) is 4.82. The van der Waals surface area contributed by atoms with Crippen molar-refractivity contribution in [3.8, 4) is 17.1 Å². The minimum Gasteiger partial charge on any atom is -0.496 e. The lowest BCUT2D eigenvalue weighted by Crippen LogP contribution is -2.13. The molecule has 144 valence electrons. The molecule has 0 aliphatic heterocycles. The second-order valence-electron chi connectivity index (χ2n) is 6.55. The highest BCUT2D eigenvalue weighted by Crippen LogP contribution is 2.33. The molecule has 0 atom stereocenters. The van der Waals surface area contributed by atoms with Gasteiger partial charge in [0.2, 0.25) is 11.9 Å². The number of carbonyl (C=O) groups excluding carboxylic acids is 2. The molecule has 1 fully saturated rings. The number of hydrogen-bond donors (Lipinski definition) is 3. The van der Waals surface area contributed by atoms with Crippen LogP contribution in [-0.2, 0) is 4.79 Å². The van der Waals surface area contributed by atoms with Crippen LogP contribution in [0.25, 0.3) is 11.4 Å². The number of nitrogens with one attached hydrogen (secondary N) is 3. The van der Waals surface area contributed by atoms with Crippen LogP contribution in [0.2, 0.25) is 0 Å². The third-order valence-electron chi connectivity index (χ3n) is 4.39. The summed E-state index contributed by atoms with van der Waals surface area (Å²) in [5, 5.41) is 13.1. The van der Waals surface area contributed by atoms with Gasteiger partial charge < -0.3 is 10.1 Å². The van der Waals surface area contributed by atoms with E-state index in [1.54, 1.807) is 13.2 Å². The fraction of sp³-hybridized carbons (Fsp3) is 0.263. The molecule has 1 aromatic carbocycles. The molecule has 28 heavy (non-hydrogen) atoms. The van der Waals surface area contributed by atoms with Crippen LogP contribution in [0.4, 0.5) is 10.9 Å². The number of aromatic nitrogens is 3. The zero-order valence-corrected chi connectivity index (χ0v) is 16.2. The van der Waals surface area contributed by atoms with E-state index in [0.29, 0.717) is 21.5 Å². The summed E-state index contributed by atoms with van der Waals surface area (Å²) in [6.45, 7) is 1.83. The summed E-state index contributed by atoms with van der Waals surface area (Å²) in [6, 6.07) is 9.20. The first-order chi connectivity index (χ1) is 13.5. The Morgan fingerprint density at radius 2 is 2.04 bits per heavy atom. The monoisotopic (exact) mass is 397 g/mol. The van der Waals surface area contributed by atoms with E-state index in [4.69, 9.17) is 4.74 Å². The Hall–Kier alpha value is -3.20. The van der Waals surface area contributed by atoms with E-state index in [2.05, 4.69) is 25.8 Å². The molecule has 9 heteroatoms. The standard InChI is InChI=1S/C19H19N5O3S/c1-10-9-14(20-17(25)11-7-8-11)28-15(10)18(26)22-19-21-16(23-24-19)12-5-3-4-6-13(12)27-2/h3-6,9,11H,7-8H2,1-2H3,(H,20,25)(H2,21,22,23,24,26). The van der Waals surface area contributed by atoms with Crippen LogP contribution < -0.4 is 15.4 Å². The van der Waals surface area contributed by atoms with E-state index in [9.17, 15) is 9.59 Å². The number of rotatable bonds is 6. The fourth-order valence-electron chi connectivity index (χ4n) is 2.77. The van der Waals surface area contributed by atoms with Gasteiger partial charge in [-0.1, -0.05) is 12.1 Å². The number of aryl methyl sites for hydroxylation is 1. The quantitative estimate of drug-likeness (QED) is 0.590. The molecule has 0 radical (unpaired) electrons. The van der Waals surface area contributed by atoms with Crippen LogP contribution in [0.15, 0.2) is 30.3 Å². The summed E-state index contributed by atoms with van der Waals surface area (Å²) < 4.78 is 5.32. The van der Waals surface area contributed by atoms with Gasteiger partial charge >= 0.3 is 0 Å². The first kappa shape index (κ1) is 18.2. The highest BCUT2D eigenvalue weighted by molar-refractivity contribution is 7.18. The SMILES string of the molecule is COc1ccccc1-c1nc(NC(=O)c2sc(NC(=O)C3CC3)cc2C)n[nH]1. The highest BCUT2D eigenvalue weighted by Gasteiger charge is 2.30. The van der Waals surface area contributed by atoms with E-state index in [0.717, 1.165) is 24.0 Å². The number of aromatic amines is 1. The van der Waals surface area contributed by atoms with Gasteiger partial charge in [0.05, 0.1) is 22.6 Å². The number of methoxy groups -OCH3 is 1. The molecule has 0 spiro atoms. The molecule has 8 nitrogen and oxygen atoms in total. The number of para-hydroxylation sites is 1. The molecule has 0 saturated heterocycles. The molecule has 1 aliphatic carbocycles. The van der Waals surface area contributed by atoms with Gasteiger partial charge in [-0.05, 0) is 43.5 Å². The summed E-state index contributed by atoms with van der Waals surface area (Å²) in [4.78, 5) is 29.4. The maximum atomic E-state index is 12.6. The zero-order valence-electron chi connectivity index (χ0n) is 15.4. The summed E-state index contributed by atoms with van der Waals surface area (Å²) in [5.41, 5.74) is 1.53. The molecule has 0 unspecified atom stereocenters. The molecule has 0 bridgehead atoms. The summed E-state index contributed by atoms with van der Waals surface area (Å²) in [6.07, 6.45) is 1.87. The Morgan fingerprint density at radius 3 is 2.79 bits per heavy atom. The van der Waals surface area contributed by atoms with E-state index in [-0.39, 0.29) is 23.7 Å². The lowest BCUT2D eigenvalue weighted by atomic mass is 10.2. The van der Waals surface area contributed by atoms with Gasteiger partial charge in [0.25, 0.3) is 5.91 Å². The maximum absolute atomic E-state index is 12.6. The van der Waals surface area contributed by atoms with Crippen LogP contribution >= 0.6 is 11.3 Å². The molecular weight excluding hydrogens is 378 g/mol. The Morgan fingerprint density at radius 1 is 1.25 bits per heavy atom. The van der Waals surface area contributed by atoms with E-state index in [1.165, 1.54) is 11.3 Å². The van der Waals surface area contributed by atoms with Crippen molar-refractivity contribution in [3.05, 3.63) is 40.8 Å². The largest absolute Gasteiger partial charge is 0.496 e. The van der Waals surface area contributed by atoms with Crippen molar-refractivity contribution >= 4 is 34.1 Å². The first-order valence-corrected chi connectivity index (χ1v) is 9.65. The van der Waals surface area contributed by atoms with Crippen molar-refractivity contribution in [1.82, 2.24) is 15.2 Å². The lowest BCUT2D eigenvalue weighted by Gasteiger charge is -2.04. The third-order valence-corrected chi connectivity index (χ3v) is 5.54. The fourth-order valence-corrected chi connectivity index (χ4v) is 3.75. The molecule has 4 rings (SSSR count). The molecule has 3 N–H and O–H groups in total. The number of H-pyrrole nitrogens is 1. The Bertz CT molecular complexity index is 1040. The van der Waals surface area contributed by atoms with Crippen LogP contribution in [-0.4, -0.2) is 34.1 Å². The summed E-state index contributed by atoms with van der Waals surface area (Å²) in [7, 11) is 1.58. The molecule has 3 aromatic rings. The number of benzene rings is 1. The first-order valence-electron chi connectivity index (χ1n) is 8.83. The topological polar surface area (TPSA) is 109 Å². The lowest BCUT2D eigenvalue weighted by molar-refractivity contribution is -0.117. The van der Waals surface area contributed by atoms with Crippen LogP contribution in [0, 0.1) is 12.8 Å². The normalized spacial score (nSPS) is 13.2. The predicted molar refractivity (Wildman–Crippen MR) is 107 cm³/mol. The van der Waals surface area contributed by atoms with Gasteiger partial charge in [0, 0.05) is 5.92 Å². The molecule has 2 heterocycles. The van der Waals surface area contributed by atoms with Crippen molar-refractivity contribution in [1.29, 1.82) is 0 Å². The number of ether oxygens (including phenoxy) is 1. The van der Waals surface area contributed by atoms with Crippen LogP contribution in [0.1, 0.15) is 28.1 Å². The van der Waals surface area contributed by atoms with Crippen molar-refractivity contribution in [2.24, 2.45) is 5.92 Å². The smallest absolute Gasteiger partial charge is 0.268 e. The van der Waals surface area contributed by atoms with Gasteiger partial charge in [0.15, 0.2) is 5.82 Å².